The van der Waals surface area contributed by atoms with Crippen molar-refractivity contribution in [3.8, 4) is 0 Å². The van der Waals surface area contributed by atoms with Crippen molar-refractivity contribution in [1.82, 2.24) is 10.2 Å². The van der Waals surface area contributed by atoms with Gasteiger partial charge in [-0.05, 0) is 25.7 Å². The Kier molecular flexibility index (Phi) is 4.69. The minimum atomic E-state index is -0.853. The van der Waals surface area contributed by atoms with Crippen LogP contribution in [0.15, 0.2) is 0 Å². The molecular formula is C13H19N3O3S. The normalized spacial score (nSPS) is 17.1. The molecule has 6 nitrogen and oxygen atoms in total. The lowest BCUT2D eigenvalue weighted by Gasteiger charge is -2.26. The minimum absolute atomic E-state index is 0.0315. The molecule has 1 saturated carbocycles. The third-order valence-corrected chi connectivity index (χ3v) is 4.83. The van der Waals surface area contributed by atoms with Crippen LogP contribution in [0.25, 0.3) is 0 Å². The van der Waals surface area contributed by atoms with Crippen molar-refractivity contribution in [2.45, 2.75) is 51.9 Å². The molecule has 0 radical (unpaired) electrons. The van der Waals surface area contributed by atoms with Crippen LogP contribution in [0.5, 0.6) is 0 Å². The molecule has 0 aromatic carbocycles. The molecular weight excluding hydrogens is 278 g/mol. The summed E-state index contributed by atoms with van der Waals surface area (Å²) in [6, 6.07) is 0. The summed E-state index contributed by atoms with van der Waals surface area (Å²) in [7, 11) is 0. The maximum Gasteiger partial charge on any atom is 0.303 e. The highest BCUT2D eigenvalue weighted by Gasteiger charge is 2.41. The molecule has 1 fully saturated rings. The van der Waals surface area contributed by atoms with Crippen LogP contribution in [0.1, 0.15) is 50.5 Å². The number of hydrogen-bond donors (Lipinski definition) is 2. The van der Waals surface area contributed by atoms with E-state index in [0.29, 0.717) is 11.6 Å². The van der Waals surface area contributed by atoms with Crippen LogP contribution >= 0.6 is 11.3 Å². The summed E-state index contributed by atoms with van der Waals surface area (Å²) in [5.41, 5.74) is -0.545. The van der Waals surface area contributed by atoms with Crippen molar-refractivity contribution in [3.63, 3.8) is 0 Å². The zero-order chi connectivity index (χ0) is 14.6. The Morgan fingerprint density at radius 2 is 2.05 bits per heavy atom. The number of aliphatic carboxylic acids is 1. The molecule has 0 saturated heterocycles. The van der Waals surface area contributed by atoms with E-state index in [1.165, 1.54) is 11.3 Å². The van der Waals surface area contributed by atoms with E-state index in [0.717, 1.165) is 37.1 Å². The van der Waals surface area contributed by atoms with E-state index < -0.39 is 11.4 Å². The molecule has 0 atom stereocenters. The molecule has 0 bridgehead atoms. The van der Waals surface area contributed by atoms with E-state index in [1.807, 2.05) is 6.92 Å². The Labute approximate surface area is 121 Å². The lowest BCUT2D eigenvalue weighted by Crippen LogP contribution is -2.34. The van der Waals surface area contributed by atoms with Crippen LogP contribution in [0.4, 0.5) is 5.13 Å². The molecule has 1 aromatic heterocycles. The molecule has 7 heteroatoms. The van der Waals surface area contributed by atoms with Crippen LogP contribution in [0.2, 0.25) is 0 Å². The summed E-state index contributed by atoms with van der Waals surface area (Å²) in [5, 5.41) is 21.0. The fourth-order valence-electron chi connectivity index (χ4n) is 2.67. The second kappa shape index (κ2) is 6.30. The summed E-state index contributed by atoms with van der Waals surface area (Å²) in [4.78, 5) is 23.3. The van der Waals surface area contributed by atoms with E-state index >= 15 is 0 Å². The smallest absolute Gasteiger partial charge is 0.303 e. The largest absolute Gasteiger partial charge is 0.481 e. The van der Waals surface area contributed by atoms with Gasteiger partial charge in [-0.1, -0.05) is 31.1 Å². The summed E-state index contributed by atoms with van der Waals surface area (Å²) in [6.07, 6.45) is 4.68. The second-order valence-electron chi connectivity index (χ2n) is 5.19. The number of hydrogen-bond acceptors (Lipinski definition) is 5. The summed E-state index contributed by atoms with van der Waals surface area (Å²) in [5.74, 6) is -0.955. The third-order valence-electron chi connectivity index (χ3n) is 3.85. The molecule has 1 heterocycles. The predicted octanol–water partition coefficient (Wildman–Crippen LogP) is 2.46. The lowest BCUT2D eigenvalue weighted by molar-refractivity contribution is -0.138. The van der Waals surface area contributed by atoms with Gasteiger partial charge < -0.3 is 10.4 Å². The van der Waals surface area contributed by atoms with Crippen molar-refractivity contribution in [2.24, 2.45) is 5.41 Å². The maximum atomic E-state index is 12.5. The highest BCUT2D eigenvalue weighted by atomic mass is 32.1. The van der Waals surface area contributed by atoms with Crippen LogP contribution in [-0.4, -0.2) is 27.2 Å². The van der Waals surface area contributed by atoms with Gasteiger partial charge in [0.2, 0.25) is 11.0 Å². The monoisotopic (exact) mass is 297 g/mol. The topological polar surface area (TPSA) is 92.2 Å². The Balaban J connectivity index is 2.04. The fourth-order valence-corrected chi connectivity index (χ4v) is 3.34. The van der Waals surface area contributed by atoms with Gasteiger partial charge in [-0.15, -0.1) is 10.2 Å². The summed E-state index contributed by atoms with van der Waals surface area (Å²) < 4.78 is 0. The number of rotatable bonds is 6. The number of carbonyl (C=O) groups is 2. The number of anilines is 1. The van der Waals surface area contributed by atoms with Gasteiger partial charge in [-0.2, -0.15) is 0 Å². The maximum absolute atomic E-state index is 12.5. The standard InChI is InChI=1S/C13H19N3O3S/c1-2-9-15-16-12(20-9)14-11(19)13(6-3-4-7-13)8-5-10(17)18/h2-8H2,1H3,(H,17,18)(H,14,16,19). The van der Waals surface area contributed by atoms with Gasteiger partial charge in [0.05, 0.1) is 5.41 Å². The van der Waals surface area contributed by atoms with Gasteiger partial charge >= 0.3 is 5.97 Å². The zero-order valence-electron chi connectivity index (χ0n) is 11.5. The molecule has 1 aliphatic carbocycles. The number of carboxylic acids is 1. The van der Waals surface area contributed by atoms with E-state index in [-0.39, 0.29) is 12.3 Å². The molecule has 2 rings (SSSR count). The first kappa shape index (κ1) is 14.9. The van der Waals surface area contributed by atoms with Crippen molar-refractivity contribution in [3.05, 3.63) is 5.01 Å². The van der Waals surface area contributed by atoms with Gasteiger partial charge in [0, 0.05) is 6.42 Å². The average Bonchev–Trinajstić information content (AvgIpc) is 3.05. The molecule has 0 unspecified atom stereocenters. The van der Waals surface area contributed by atoms with Gasteiger partial charge in [0.25, 0.3) is 0 Å². The molecule has 2 N–H and O–H groups in total. The number of carbonyl (C=O) groups excluding carboxylic acids is 1. The molecule has 1 amide bonds. The van der Waals surface area contributed by atoms with Gasteiger partial charge in [-0.25, -0.2) is 0 Å². The third kappa shape index (κ3) is 3.33. The predicted molar refractivity (Wildman–Crippen MR) is 75.7 cm³/mol. The number of aryl methyl sites for hydroxylation is 1. The van der Waals surface area contributed by atoms with Gasteiger partial charge in [-0.3, -0.25) is 9.59 Å². The first-order valence-corrected chi connectivity index (χ1v) is 7.73. The number of amides is 1. The van der Waals surface area contributed by atoms with E-state index in [4.69, 9.17) is 5.11 Å². The number of nitrogens with zero attached hydrogens (tertiary/aromatic N) is 2. The highest BCUT2D eigenvalue weighted by molar-refractivity contribution is 7.15. The Bertz CT molecular complexity index is 495. The number of aromatic nitrogens is 2. The minimum Gasteiger partial charge on any atom is -0.481 e. The Morgan fingerprint density at radius 3 is 2.60 bits per heavy atom. The van der Waals surface area contributed by atoms with Crippen LogP contribution in [0, 0.1) is 5.41 Å². The summed E-state index contributed by atoms with van der Waals surface area (Å²) >= 11 is 1.37. The quantitative estimate of drug-likeness (QED) is 0.841. The lowest BCUT2D eigenvalue weighted by atomic mass is 9.80. The van der Waals surface area contributed by atoms with Crippen molar-refractivity contribution in [2.75, 3.05) is 5.32 Å². The first-order valence-electron chi connectivity index (χ1n) is 6.91. The average molecular weight is 297 g/mol. The Hall–Kier alpha value is -1.50. The molecule has 0 aliphatic heterocycles. The highest BCUT2D eigenvalue weighted by Crippen LogP contribution is 2.43. The van der Waals surface area contributed by atoms with Crippen molar-refractivity contribution >= 4 is 28.3 Å². The van der Waals surface area contributed by atoms with E-state index in [9.17, 15) is 9.59 Å². The molecule has 110 valence electrons. The molecule has 1 aromatic rings. The second-order valence-corrected chi connectivity index (χ2v) is 6.25. The van der Waals surface area contributed by atoms with E-state index in [2.05, 4.69) is 15.5 Å². The van der Waals surface area contributed by atoms with Crippen molar-refractivity contribution in [1.29, 1.82) is 0 Å². The molecule has 20 heavy (non-hydrogen) atoms. The fraction of sp³-hybridized carbons (Fsp3) is 0.692. The number of nitrogens with one attached hydrogen (secondary N) is 1. The van der Waals surface area contributed by atoms with Crippen LogP contribution in [0.3, 0.4) is 0 Å². The SMILES string of the molecule is CCc1nnc(NC(=O)C2(CCC(=O)O)CCCC2)s1. The van der Waals surface area contributed by atoms with Crippen LogP contribution in [-0.2, 0) is 16.0 Å². The summed E-state index contributed by atoms with van der Waals surface area (Å²) in [6.45, 7) is 1.98. The van der Waals surface area contributed by atoms with Gasteiger partial charge in [0.15, 0.2) is 0 Å². The molecule has 0 spiro atoms. The number of carboxylic acid groups (broad SMARTS) is 1. The van der Waals surface area contributed by atoms with Crippen LogP contribution < -0.4 is 5.32 Å². The van der Waals surface area contributed by atoms with Crippen molar-refractivity contribution < 1.29 is 14.7 Å². The zero-order valence-corrected chi connectivity index (χ0v) is 12.3. The van der Waals surface area contributed by atoms with Gasteiger partial charge in [0.1, 0.15) is 5.01 Å². The Morgan fingerprint density at radius 1 is 1.35 bits per heavy atom. The molecule has 1 aliphatic rings. The van der Waals surface area contributed by atoms with E-state index in [1.54, 1.807) is 0 Å². The first-order chi connectivity index (χ1) is 9.55.